The van der Waals surface area contributed by atoms with Crippen LogP contribution in [0.4, 0.5) is 0 Å². The molecule has 1 fully saturated rings. The van der Waals surface area contributed by atoms with Crippen molar-refractivity contribution in [2.24, 2.45) is 5.92 Å². The predicted molar refractivity (Wildman–Crippen MR) is 84.4 cm³/mol. The first-order chi connectivity index (χ1) is 9.51. The molecule has 110 valence electrons. The number of aryl methyl sites for hydroxylation is 3. The Labute approximate surface area is 123 Å². The third-order valence-electron chi connectivity index (χ3n) is 4.51. The molecule has 0 atom stereocenters. The zero-order valence-electron chi connectivity index (χ0n) is 13.3. The molecule has 1 aliphatic carbocycles. The van der Waals surface area contributed by atoms with Gasteiger partial charge in [-0.1, -0.05) is 31.0 Å². The number of carbonyl (C=O) groups is 1. The van der Waals surface area contributed by atoms with Gasteiger partial charge in [-0.25, -0.2) is 0 Å². The molecule has 1 saturated carbocycles. The summed E-state index contributed by atoms with van der Waals surface area (Å²) in [6.45, 7) is 11.0. The number of hydrogen-bond acceptors (Lipinski definition) is 2. The van der Waals surface area contributed by atoms with Crippen LogP contribution in [0, 0.1) is 26.7 Å². The normalized spacial score (nSPS) is 15.4. The summed E-state index contributed by atoms with van der Waals surface area (Å²) in [6.07, 6.45) is 4.05. The molecule has 2 rings (SSSR count). The van der Waals surface area contributed by atoms with Gasteiger partial charge in [-0.05, 0) is 57.2 Å². The van der Waals surface area contributed by atoms with Gasteiger partial charge in [0.2, 0.25) is 0 Å². The maximum atomic E-state index is 12.6. The molecule has 1 aliphatic rings. The molecule has 0 saturated heterocycles. The Morgan fingerprint density at radius 2 is 1.80 bits per heavy atom. The van der Waals surface area contributed by atoms with E-state index in [0.717, 1.165) is 35.7 Å². The summed E-state index contributed by atoms with van der Waals surface area (Å²) in [6, 6.07) is 4.23. The highest BCUT2D eigenvalue weighted by Crippen LogP contribution is 2.27. The van der Waals surface area contributed by atoms with Crippen LogP contribution in [0.2, 0.25) is 0 Å². The molecule has 0 aliphatic heterocycles. The number of rotatable bonds is 6. The molecular weight excluding hydrogens is 246 g/mol. The molecule has 0 radical (unpaired) electrons. The smallest absolute Gasteiger partial charge is 0.177 e. The zero-order chi connectivity index (χ0) is 14.7. The SMILES string of the molecule is CCN(CC(=O)c1c(C)cc(C)cc1C)CC1CCC1. The monoisotopic (exact) mass is 273 g/mol. The molecule has 0 heterocycles. The Morgan fingerprint density at radius 3 is 2.25 bits per heavy atom. The van der Waals surface area contributed by atoms with Crippen LogP contribution in [0.1, 0.15) is 53.2 Å². The average molecular weight is 273 g/mol. The van der Waals surface area contributed by atoms with Gasteiger partial charge in [-0.2, -0.15) is 0 Å². The number of benzene rings is 1. The van der Waals surface area contributed by atoms with Crippen molar-refractivity contribution >= 4 is 5.78 Å². The Bertz CT molecular complexity index is 465. The van der Waals surface area contributed by atoms with Crippen LogP contribution in [-0.4, -0.2) is 30.3 Å². The highest BCUT2D eigenvalue weighted by molar-refractivity contribution is 6.00. The molecule has 1 aromatic rings. The van der Waals surface area contributed by atoms with Gasteiger partial charge in [-0.3, -0.25) is 9.69 Å². The van der Waals surface area contributed by atoms with Crippen LogP contribution in [0.3, 0.4) is 0 Å². The molecule has 0 N–H and O–H groups in total. The van der Waals surface area contributed by atoms with Crippen LogP contribution in [0.5, 0.6) is 0 Å². The Balaban J connectivity index is 2.06. The molecule has 0 bridgehead atoms. The summed E-state index contributed by atoms with van der Waals surface area (Å²) in [5.74, 6) is 1.10. The van der Waals surface area contributed by atoms with Crippen LogP contribution < -0.4 is 0 Å². The molecule has 0 amide bonds. The minimum absolute atomic E-state index is 0.279. The standard InChI is InChI=1S/C18H27NO/c1-5-19(11-16-7-6-8-16)12-17(20)18-14(3)9-13(2)10-15(18)4/h9-10,16H,5-8,11-12H2,1-4H3. The van der Waals surface area contributed by atoms with E-state index in [1.54, 1.807) is 0 Å². The summed E-state index contributed by atoms with van der Waals surface area (Å²) < 4.78 is 0. The summed E-state index contributed by atoms with van der Waals surface area (Å²) in [7, 11) is 0. The first-order valence-corrected chi connectivity index (χ1v) is 7.84. The van der Waals surface area contributed by atoms with Crippen molar-refractivity contribution in [3.05, 3.63) is 34.4 Å². The van der Waals surface area contributed by atoms with Gasteiger partial charge in [0.05, 0.1) is 6.54 Å². The van der Waals surface area contributed by atoms with Crippen LogP contribution in [0.25, 0.3) is 0 Å². The van der Waals surface area contributed by atoms with Gasteiger partial charge in [0.25, 0.3) is 0 Å². The van der Waals surface area contributed by atoms with Gasteiger partial charge in [-0.15, -0.1) is 0 Å². The van der Waals surface area contributed by atoms with Crippen molar-refractivity contribution in [3.8, 4) is 0 Å². The van der Waals surface area contributed by atoms with Crippen molar-refractivity contribution in [1.29, 1.82) is 0 Å². The number of ketones is 1. The molecule has 2 nitrogen and oxygen atoms in total. The van der Waals surface area contributed by atoms with Crippen molar-refractivity contribution in [2.45, 2.75) is 47.0 Å². The number of likely N-dealkylation sites (N-methyl/N-ethyl adjacent to an activating group) is 1. The lowest BCUT2D eigenvalue weighted by Gasteiger charge is -2.31. The molecule has 0 spiro atoms. The summed E-state index contributed by atoms with van der Waals surface area (Å²) >= 11 is 0. The average Bonchev–Trinajstić information content (AvgIpc) is 2.30. The first kappa shape index (κ1) is 15.2. The van der Waals surface area contributed by atoms with E-state index in [1.165, 1.54) is 24.8 Å². The molecule has 0 aromatic heterocycles. The second-order valence-electron chi connectivity index (χ2n) is 6.32. The van der Waals surface area contributed by atoms with Gasteiger partial charge in [0.15, 0.2) is 5.78 Å². The second kappa shape index (κ2) is 6.53. The van der Waals surface area contributed by atoms with Crippen molar-refractivity contribution in [1.82, 2.24) is 4.90 Å². The lowest BCUT2D eigenvalue weighted by atomic mass is 9.85. The van der Waals surface area contributed by atoms with Gasteiger partial charge < -0.3 is 0 Å². The lowest BCUT2D eigenvalue weighted by Crippen LogP contribution is -2.36. The first-order valence-electron chi connectivity index (χ1n) is 7.84. The molecular formula is C18H27NO. The zero-order valence-corrected chi connectivity index (χ0v) is 13.3. The van der Waals surface area contributed by atoms with Crippen LogP contribution >= 0.6 is 0 Å². The molecule has 1 aromatic carbocycles. The fourth-order valence-electron chi connectivity index (χ4n) is 3.25. The van der Waals surface area contributed by atoms with Crippen molar-refractivity contribution in [2.75, 3.05) is 19.6 Å². The molecule has 20 heavy (non-hydrogen) atoms. The van der Waals surface area contributed by atoms with Gasteiger partial charge >= 0.3 is 0 Å². The van der Waals surface area contributed by atoms with Crippen molar-refractivity contribution < 1.29 is 4.79 Å². The third kappa shape index (κ3) is 3.49. The number of Topliss-reactive ketones (excluding diaryl/α,β-unsaturated/α-hetero) is 1. The molecule has 2 heteroatoms. The van der Waals surface area contributed by atoms with E-state index < -0.39 is 0 Å². The van der Waals surface area contributed by atoms with E-state index in [4.69, 9.17) is 0 Å². The minimum Gasteiger partial charge on any atom is -0.296 e. The number of hydrogen-bond donors (Lipinski definition) is 0. The van der Waals surface area contributed by atoms with E-state index in [0.29, 0.717) is 6.54 Å². The highest BCUT2D eigenvalue weighted by atomic mass is 16.1. The highest BCUT2D eigenvalue weighted by Gasteiger charge is 2.22. The minimum atomic E-state index is 0.279. The van der Waals surface area contributed by atoms with E-state index in [9.17, 15) is 4.79 Å². The summed E-state index contributed by atoms with van der Waals surface area (Å²) in [4.78, 5) is 14.9. The molecule has 0 unspecified atom stereocenters. The Kier molecular flexibility index (Phi) is 4.98. The Hall–Kier alpha value is -1.15. The number of carbonyl (C=O) groups excluding carboxylic acids is 1. The van der Waals surface area contributed by atoms with Gasteiger partial charge in [0.1, 0.15) is 0 Å². The largest absolute Gasteiger partial charge is 0.296 e. The maximum absolute atomic E-state index is 12.6. The van der Waals surface area contributed by atoms with Crippen LogP contribution in [0.15, 0.2) is 12.1 Å². The third-order valence-corrected chi connectivity index (χ3v) is 4.51. The van der Waals surface area contributed by atoms with E-state index in [1.807, 2.05) is 0 Å². The fraction of sp³-hybridized carbons (Fsp3) is 0.611. The second-order valence-corrected chi connectivity index (χ2v) is 6.32. The van der Waals surface area contributed by atoms with Gasteiger partial charge in [0, 0.05) is 12.1 Å². The Morgan fingerprint density at radius 1 is 1.20 bits per heavy atom. The number of nitrogens with zero attached hydrogens (tertiary/aromatic N) is 1. The quantitative estimate of drug-likeness (QED) is 0.732. The topological polar surface area (TPSA) is 20.3 Å². The van der Waals surface area contributed by atoms with E-state index >= 15 is 0 Å². The van der Waals surface area contributed by atoms with Crippen LogP contribution in [-0.2, 0) is 0 Å². The predicted octanol–water partition coefficient (Wildman–Crippen LogP) is 3.92. The summed E-state index contributed by atoms with van der Waals surface area (Å²) in [5.41, 5.74) is 4.40. The fourth-order valence-corrected chi connectivity index (χ4v) is 3.25. The maximum Gasteiger partial charge on any atom is 0.177 e. The van der Waals surface area contributed by atoms with Crippen molar-refractivity contribution in [3.63, 3.8) is 0 Å². The lowest BCUT2D eigenvalue weighted by molar-refractivity contribution is 0.0903. The summed E-state index contributed by atoms with van der Waals surface area (Å²) in [5, 5.41) is 0. The van der Waals surface area contributed by atoms with E-state index in [-0.39, 0.29) is 5.78 Å². The van der Waals surface area contributed by atoms with E-state index in [2.05, 4.69) is 44.7 Å².